The zero-order chi connectivity index (χ0) is 17.4. The molecule has 126 valence electrons. The lowest BCUT2D eigenvalue weighted by Crippen LogP contribution is -2.21. The molecular formula is C18H18ClNO4. The summed E-state index contributed by atoms with van der Waals surface area (Å²) in [6, 6.07) is 14.3. The number of hydrogen-bond acceptors (Lipinski definition) is 4. The van der Waals surface area contributed by atoms with Crippen molar-refractivity contribution in [3.63, 3.8) is 0 Å². The summed E-state index contributed by atoms with van der Waals surface area (Å²) in [5, 5.41) is 3.02. The van der Waals surface area contributed by atoms with Gasteiger partial charge in [0.15, 0.2) is 6.61 Å². The summed E-state index contributed by atoms with van der Waals surface area (Å²) in [5.41, 5.74) is 1.48. The number of hydrogen-bond donors (Lipinski definition) is 1. The van der Waals surface area contributed by atoms with Crippen LogP contribution in [0.15, 0.2) is 48.5 Å². The zero-order valence-electron chi connectivity index (χ0n) is 13.3. The fraction of sp³-hybridized carbons (Fsp3) is 0.222. The molecule has 5 nitrogen and oxygen atoms in total. The lowest BCUT2D eigenvalue weighted by Gasteiger charge is -2.08. The molecule has 0 saturated heterocycles. The highest BCUT2D eigenvalue weighted by atomic mass is 35.5. The summed E-state index contributed by atoms with van der Waals surface area (Å²) >= 11 is 5.94. The van der Waals surface area contributed by atoms with E-state index in [0.29, 0.717) is 17.1 Å². The van der Waals surface area contributed by atoms with Crippen LogP contribution >= 0.6 is 11.6 Å². The first kappa shape index (κ1) is 17.8. The molecule has 0 aliphatic carbocycles. The van der Waals surface area contributed by atoms with E-state index in [9.17, 15) is 9.59 Å². The van der Waals surface area contributed by atoms with Gasteiger partial charge in [-0.1, -0.05) is 35.9 Å². The second kappa shape index (κ2) is 8.93. The highest BCUT2D eigenvalue weighted by Crippen LogP contribution is 2.20. The summed E-state index contributed by atoms with van der Waals surface area (Å²) in [7, 11) is 1.60. The van der Waals surface area contributed by atoms with Gasteiger partial charge in [0.1, 0.15) is 5.75 Å². The molecule has 0 aromatic heterocycles. The highest BCUT2D eigenvalue weighted by molar-refractivity contribution is 6.33. The van der Waals surface area contributed by atoms with Crippen molar-refractivity contribution >= 4 is 29.2 Å². The lowest BCUT2D eigenvalue weighted by atomic mass is 10.1. The number of amides is 1. The molecule has 0 saturated carbocycles. The van der Waals surface area contributed by atoms with E-state index in [1.165, 1.54) is 0 Å². The smallest absolute Gasteiger partial charge is 0.306 e. The number of halogens is 1. The molecule has 0 heterocycles. The van der Waals surface area contributed by atoms with Crippen LogP contribution in [0.3, 0.4) is 0 Å². The van der Waals surface area contributed by atoms with Crippen LogP contribution in [-0.4, -0.2) is 25.6 Å². The molecule has 0 bridgehead atoms. The van der Waals surface area contributed by atoms with Gasteiger partial charge >= 0.3 is 5.97 Å². The molecule has 2 aromatic rings. The predicted molar refractivity (Wildman–Crippen MR) is 92.4 cm³/mol. The number of esters is 1. The average molecular weight is 348 g/mol. The number of ether oxygens (including phenoxy) is 2. The van der Waals surface area contributed by atoms with E-state index < -0.39 is 11.9 Å². The van der Waals surface area contributed by atoms with E-state index in [2.05, 4.69) is 5.32 Å². The van der Waals surface area contributed by atoms with E-state index in [-0.39, 0.29) is 13.0 Å². The van der Waals surface area contributed by atoms with Crippen molar-refractivity contribution in [2.24, 2.45) is 0 Å². The van der Waals surface area contributed by atoms with Crippen LogP contribution in [0.4, 0.5) is 5.69 Å². The van der Waals surface area contributed by atoms with Crippen molar-refractivity contribution in [2.45, 2.75) is 12.8 Å². The molecule has 0 unspecified atom stereocenters. The predicted octanol–water partition coefficient (Wildman–Crippen LogP) is 3.46. The molecule has 2 aromatic carbocycles. The molecule has 1 amide bonds. The first-order valence-electron chi connectivity index (χ1n) is 7.41. The Morgan fingerprint density at radius 1 is 1.08 bits per heavy atom. The summed E-state index contributed by atoms with van der Waals surface area (Å²) in [6.07, 6.45) is 0.737. The molecular weight excluding hydrogens is 330 g/mol. The second-order valence-corrected chi connectivity index (χ2v) is 5.44. The van der Waals surface area contributed by atoms with Crippen LogP contribution in [-0.2, 0) is 20.7 Å². The van der Waals surface area contributed by atoms with Crippen molar-refractivity contribution in [1.82, 2.24) is 0 Å². The van der Waals surface area contributed by atoms with Gasteiger partial charge in [-0.3, -0.25) is 9.59 Å². The van der Waals surface area contributed by atoms with Gasteiger partial charge in [0.2, 0.25) is 0 Å². The van der Waals surface area contributed by atoms with Crippen LogP contribution < -0.4 is 10.1 Å². The van der Waals surface area contributed by atoms with Crippen molar-refractivity contribution in [1.29, 1.82) is 0 Å². The average Bonchev–Trinajstić information content (AvgIpc) is 2.60. The minimum atomic E-state index is -0.430. The number of aryl methyl sites for hydroxylation is 1. The SMILES string of the molecule is COc1ccc(CCC(=O)OCC(=O)Nc2ccccc2Cl)cc1. The molecule has 0 radical (unpaired) electrons. The third-order valence-electron chi connectivity index (χ3n) is 3.29. The summed E-state index contributed by atoms with van der Waals surface area (Å²) in [6.45, 7) is -0.341. The van der Waals surface area contributed by atoms with Crippen molar-refractivity contribution in [3.05, 3.63) is 59.1 Å². The maximum Gasteiger partial charge on any atom is 0.306 e. The Labute approximate surface area is 145 Å². The maximum atomic E-state index is 11.8. The third kappa shape index (κ3) is 5.59. The Morgan fingerprint density at radius 3 is 2.46 bits per heavy atom. The number of carbonyl (C=O) groups is 2. The Hall–Kier alpha value is -2.53. The molecule has 0 aliphatic rings. The van der Waals surface area contributed by atoms with Gasteiger partial charge in [0.25, 0.3) is 5.91 Å². The first-order valence-corrected chi connectivity index (χ1v) is 7.79. The van der Waals surface area contributed by atoms with Gasteiger partial charge in [-0.15, -0.1) is 0 Å². The minimum Gasteiger partial charge on any atom is -0.497 e. The summed E-state index contributed by atoms with van der Waals surface area (Å²) < 4.78 is 10.0. The molecule has 0 fully saturated rings. The monoisotopic (exact) mass is 347 g/mol. The number of anilines is 1. The Morgan fingerprint density at radius 2 is 1.79 bits per heavy atom. The standard InChI is InChI=1S/C18H18ClNO4/c1-23-14-9-6-13(7-10-14)8-11-18(22)24-12-17(21)20-16-5-3-2-4-15(16)19/h2-7,9-10H,8,11-12H2,1H3,(H,20,21). The van der Waals surface area contributed by atoms with Gasteiger partial charge in [0, 0.05) is 6.42 Å². The number of methoxy groups -OCH3 is 1. The van der Waals surface area contributed by atoms with Crippen LogP contribution in [0.25, 0.3) is 0 Å². The normalized spacial score (nSPS) is 10.1. The van der Waals surface area contributed by atoms with Crippen LogP contribution in [0, 0.1) is 0 Å². The zero-order valence-corrected chi connectivity index (χ0v) is 14.0. The largest absolute Gasteiger partial charge is 0.497 e. The molecule has 0 atom stereocenters. The molecule has 0 spiro atoms. The molecule has 2 rings (SSSR count). The molecule has 6 heteroatoms. The van der Waals surface area contributed by atoms with E-state index in [1.807, 2.05) is 24.3 Å². The number of nitrogens with one attached hydrogen (secondary N) is 1. The quantitative estimate of drug-likeness (QED) is 0.779. The Balaban J connectivity index is 1.72. The van der Waals surface area contributed by atoms with Gasteiger partial charge < -0.3 is 14.8 Å². The van der Waals surface area contributed by atoms with Gasteiger partial charge in [-0.2, -0.15) is 0 Å². The maximum absolute atomic E-state index is 11.8. The van der Waals surface area contributed by atoms with Crippen LogP contribution in [0.2, 0.25) is 5.02 Å². The molecule has 24 heavy (non-hydrogen) atoms. The number of para-hydroxylation sites is 1. The fourth-order valence-corrected chi connectivity index (χ4v) is 2.19. The summed E-state index contributed by atoms with van der Waals surface area (Å²) in [5.74, 6) is -0.0985. The number of rotatable bonds is 7. The fourth-order valence-electron chi connectivity index (χ4n) is 2.01. The van der Waals surface area contributed by atoms with Gasteiger partial charge in [-0.25, -0.2) is 0 Å². The van der Waals surface area contributed by atoms with Crippen molar-refractivity contribution < 1.29 is 19.1 Å². The topological polar surface area (TPSA) is 64.6 Å². The summed E-state index contributed by atoms with van der Waals surface area (Å²) in [4.78, 5) is 23.5. The molecule has 1 N–H and O–H groups in total. The van der Waals surface area contributed by atoms with E-state index >= 15 is 0 Å². The highest BCUT2D eigenvalue weighted by Gasteiger charge is 2.09. The van der Waals surface area contributed by atoms with E-state index in [0.717, 1.165) is 11.3 Å². The second-order valence-electron chi connectivity index (χ2n) is 5.04. The molecule has 0 aliphatic heterocycles. The van der Waals surface area contributed by atoms with E-state index in [4.69, 9.17) is 21.1 Å². The number of benzene rings is 2. The van der Waals surface area contributed by atoms with Gasteiger partial charge in [-0.05, 0) is 36.2 Å². The Kier molecular flexibility index (Phi) is 6.63. The number of carbonyl (C=O) groups excluding carboxylic acids is 2. The first-order chi connectivity index (χ1) is 11.6. The Bertz CT molecular complexity index is 700. The minimum absolute atomic E-state index is 0.200. The lowest BCUT2D eigenvalue weighted by molar-refractivity contribution is -0.147. The van der Waals surface area contributed by atoms with Crippen LogP contribution in [0.5, 0.6) is 5.75 Å². The van der Waals surface area contributed by atoms with Crippen LogP contribution in [0.1, 0.15) is 12.0 Å². The van der Waals surface area contributed by atoms with E-state index in [1.54, 1.807) is 31.4 Å². The van der Waals surface area contributed by atoms with Crippen molar-refractivity contribution in [3.8, 4) is 5.75 Å². The van der Waals surface area contributed by atoms with Gasteiger partial charge in [0.05, 0.1) is 17.8 Å². The van der Waals surface area contributed by atoms with Crippen molar-refractivity contribution in [2.75, 3.05) is 19.0 Å². The third-order valence-corrected chi connectivity index (χ3v) is 3.62.